The molecule has 3 aliphatic rings. The van der Waals surface area contributed by atoms with E-state index in [0.29, 0.717) is 26.1 Å². The molecular formula is C18H26N4O3. The van der Waals surface area contributed by atoms with Crippen LogP contribution in [0.4, 0.5) is 10.5 Å². The third-order valence-electron chi connectivity index (χ3n) is 5.53. The molecule has 7 heteroatoms. The quantitative estimate of drug-likeness (QED) is 0.784. The number of hydrogen-bond acceptors (Lipinski definition) is 4. The average Bonchev–Trinajstić information content (AvgIpc) is 3.05. The van der Waals surface area contributed by atoms with E-state index >= 15 is 0 Å². The van der Waals surface area contributed by atoms with Gasteiger partial charge in [-0.15, -0.1) is 0 Å². The smallest absolute Gasteiger partial charge is 0.410 e. The second-order valence-corrected chi connectivity index (χ2v) is 8.61. The number of carbonyl (C=O) groups excluding carboxylic acids is 2. The van der Waals surface area contributed by atoms with Crippen molar-refractivity contribution in [1.82, 2.24) is 14.7 Å². The van der Waals surface area contributed by atoms with Crippen LogP contribution in [0.1, 0.15) is 52.1 Å². The Labute approximate surface area is 147 Å². The molecule has 2 aliphatic heterocycles. The third kappa shape index (κ3) is 2.89. The van der Waals surface area contributed by atoms with Crippen molar-refractivity contribution in [2.24, 2.45) is 5.41 Å². The standard InChI is InChI=1S/C18H26N4O3/c1-17(2,3)25-16(24)20-7-8-22-14(11-20)13(10-19-22)21-12-18(5-4-6-18)9-15(21)23/h10H,4-9,11-12H2,1-3H3. The number of aromatic nitrogens is 2. The molecule has 25 heavy (non-hydrogen) atoms. The first-order valence-corrected chi connectivity index (χ1v) is 9.09. The molecule has 1 saturated carbocycles. The number of rotatable bonds is 1. The SMILES string of the molecule is CC(C)(C)OC(=O)N1CCn2ncc(N3CC4(CCC4)CC3=O)c2C1. The van der Waals surface area contributed by atoms with Gasteiger partial charge in [-0.2, -0.15) is 5.10 Å². The minimum atomic E-state index is -0.515. The summed E-state index contributed by atoms with van der Waals surface area (Å²) in [5, 5.41) is 4.44. The van der Waals surface area contributed by atoms with Crippen LogP contribution >= 0.6 is 0 Å². The summed E-state index contributed by atoms with van der Waals surface area (Å²) in [6.45, 7) is 8.02. The average molecular weight is 346 g/mol. The predicted molar refractivity (Wildman–Crippen MR) is 92.1 cm³/mol. The van der Waals surface area contributed by atoms with E-state index < -0.39 is 5.60 Å². The first-order chi connectivity index (χ1) is 11.8. The zero-order valence-corrected chi connectivity index (χ0v) is 15.2. The van der Waals surface area contributed by atoms with Gasteiger partial charge in [-0.25, -0.2) is 4.79 Å². The number of carbonyl (C=O) groups is 2. The molecule has 0 radical (unpaired) electrons. The van der Waals surface area contributed by atoms with Crippen LogP contribution in [0, 0.1) is 5.41 Å². The van der Waals surface area contributed by atoms with E-state index in [1.807, 2.05) is 30.4 Å². The van der Waals surface area contributed by atoms with E-state index in [4.69, 9.17) is 4.74 Å². The van der Waals surface area contributed by atoms with Gasteiger partial charge < -0.3 is 14.5 Å². The largest absolute Gasteiger partial charge is 0.444 e. The summed E-state index contributed by atoms with van der Waals surface area (Å²) in [6, 6.07) is 0. The Hall–Kier alpha value is -2.05. The molecule has 0 N–H and O–H groups in total. The maximum absolute atomic E-state index is 12.6. The molecule has 4 rings (SSSR count). The molecule has 1 spiro atoms. The highest BCUT2D eigenvalue weighted by Crippen LogP contribution is 2.49. The highest BCUT2D eigenvalue weighted by molar-refractivity contribution is 5.97. The molecular weight excluding hydrogens is 320 g/mol. The van der Waals surface area contributed by atoms with Crippen molar-refractivity contribution in [2.75, 3.05) is 18.0 Å². The summed E-state index contributed by atoms with van der Waals surface area (Å²) in [6.07, 6.45) is 5.62. The van der Waals surface area contributed by atoms with Gasteiger partial charge in [-0.3, -0.25) is 9.48 Å². The molecule has 1 aromatic heterocycles. The Kier molecular flexibility index (Phi) is 3.60. The summed E-state index contributed by atoms with van der Waals surface area (Å²) in [7, 11) is 0. The van der Waals surface area contributed by atoms with Crippen LogP contribution in [0.5, 0.6) is 0 Å². The minimum absolute atomic E-state index is 0.185. The summed E-state index contributed by atoms with van der Waals surface area (Å²) < 4.78 is 7.40. The maximum Gasteiger partial charge on any atom is 0.410 e. The van der Waals surface area contributed by atoms with E-state index in [1.54, 1.807) is 11.1 Å². The number of amides is 2. The van der Waals surface area contributed by atoms with Gasteiger partial charge in [-0.1, -0.05) is 6.42 Å². The fourth-order valence-corrected chi connectivity index (χ4v) is 4.07. The molecule has 1 saturated heterocycles. The number of nitrogens with zero attached hydrogens (tertiary/aromatic N) is 4. The Morgan fingerprint density at radius 2 is 2.04 bits per heavy atom. The van der Waals surface area contributed by atoms with Gasteiger partial charge in [0.15, 0.2) is 0 Å². The lowest BCUT2D eigenvalue weighted by Crippen LogP contribution is -2.42. The van der Waals surface area contributed by atoms with Crippen molar-refractivity contribution in [2.45, 2.75) is 65.1 Å². The van der Waals surface area contributed by atoms with Crippen LogP contribution in [0.2, 0.25) is 0 Å². The second kappa shape index (κ2) is 5.47. The molecule has 1 aromatic rings. The monoisotopic (exact) mass is 346 g/mol. The molecule has 0 atom stereocenters. The van der Waals surface area contributed by atoms with E-state index in [0.717, 1.165) is 30.8 Å². The van der Waals surface area contributed by atoms with Gasteiger partial charge in [0, 0.05) is 19.5 Å². The fraction of sp³-hybridized carbons (Fsp3) is 0.722. The van der Waals surface area contributed by atoms with Crippen LogP contribution in [-0.4, -0.2) is 45.4 Å². The molecule has 1 aliphatic carbocycles. The van der Waals surface area contributed by atoms with E-state index in [1.165, 1.54) is 6.42 Å². The Morgan fingerprint density at radius 3 is 2.64 bits per heavy atom. The van der Waals surface area contributed by atoms with Crippen molar-refractivity contribution in [3.63, 3.8) is 0 Å². The number of fused-ring (bicyclic) bond motifs is 1. The van der Waals surface area contributed by atoms with Gasteiger partial charge in [0.25, 0.3) is 0 Å². The predicted octanol–water partition coefficient (Wildman–Crippen LogP) is 2.54. The summed E-state index contributed by atoms with van der Waals surface area (Å²) in [4.78, 5) is 28.5. The number of ether oxygens (including phenoxy) is 1. The van der Waals surface area contributed by atoms with Crippen LogP contribution in [-0.2, 0) is 22.6 Å². The molecule has 7 nitrogen and oxygen atoms in total. The number of hydrogen-bond donors (Lipinski definition) is 0. The van der Waals surface area contributed by atoms with E-state index in [-0.39, 0.29) is 17.4 Å². The maximum atomic E-state index is 12.6. The van der Waals surface area contributed by atoms with Gasteiger partial charge >= 0.3 is 6.09 Å². The van der Waals surface area contributed by atoms with Crippen molar-refractivity contribution < 1.29 is 14.3 Å². The lowest BCUT2D eigenvalue weighted by Gasteiger charge is -2.37. The topological polar surface area (TPSA) is 67.7 Å². The minimum Gasteiger partial charge on any atom is -0.444 e. The highest BCUT2D eigenvalue weighted by Gasteiger charge is 2.48. The molecule has 3 heterocycles. The summed E-state index contributed by atoms with van der Waals surface area (Å²) >= 11 is 0. The van der Waals surface area contributed by atoms with E-state index in [2.05, 4.69) is 5.10 Å². The zero-order chi connectivity index (χ0) is 17.8. The van der Waals surface area contributed by atoms with Crippen LogP contribution < -0.4 is 4.90 Å². The molecule has 136 valence electrons. The van der Waals surface area contributed by atoms with Crippen LogP contribution in [0.25, 0.3) is 0 Å². The Bertz CT molecular complexity index is 714. The van der Waals surface area contributed by atoms with Gasteiger partial charge in [0.2, 0.25) is 5.91 Å². The van der Waals surface area contributed by atoms with Crippen LogP contribution in [0.3, 0.4) is 0 Å². The molecule has 2 amide bonds. The molecule has 0 unspecified atom stereocenters. The Balaban J connectivity index is 1.54. The second-order valence-electron chi connectivity index (χ2n) is 8.61. The zero-order valence-electron chi connectivity index (χ0n) is 15.2. The van der Waals surface area contributed by atoms with Gasteiger partial charge in [-0.05, 0) is 39.0 Å². The summed E-state index contributed by atoms with van der Waals surface area (Å²) in [5.41, 5.74) is 1.47. The van der Waals surface area contributed by atoms with Crippen molar-refractivity contribution >= 4 is 17.7 Å². The van der Waals surface area contributed by atoms with Gasteiger partial charge in [0.1, 0.15) is 5.60 Å². The Morgan fingerprint density at radius 1 is 1.28 bits per heavy atom. The number of anilines is 1. The lowest BCUT2D eigenvalue weighted by atomic mass is 9.68. The molecule has 2 fully saturated rings. The lowest BCUT2D eigenvalue weighted by molar-refractivity contribution is -0.118. The highest BCUT2D eigenvalue weighted by atomic mass is 16.6. The molecule has 0 bridgehead atoms. The van der Waals surface area contributed by atoms with Crippen molar-refractivity contribution in [3.05, 3.63) is 11.9 Å². The summed E-state index contributed by atoms with van der Waals surface area (Å²) in [5.74, 6) is 0.185. The first kappa shape index (κ1) is 16.4. The van der Waals surface area contributed by atoms with Gasteiger partial charge in [0.05, 0.1) is 30.7 Å². The van der Waals surface area contributed by atoms with Crippen molar-refractivity contribution in [3.8, 4) is 0 Å². The molecule has 0 aromatic carbocycles. The first-order valence-electron chi connectivity index (χ1n) is 9.09. The third-order valence-corrected chi connectivity index (χ3v) is 5.53. The fourth-order valence-electron chi connectivity index (χ4n) is 4.07. The van der Waals surface area contributed by atoms with E-state index in [9.17, 15) is 9.59 Å². The van der Waals surface area contributed by atoms with Crippen LogP contribution in [0.15, 0.2) is 6.20 Å². The van der Waals surface area contributed by atoms with Crippen molar-refractivity contribution in [1.29, 1.82) is 0 Å². The normalized spacial score (nSPS) is 22.1.